The molecule has 0 radical (unpaired) electrons. The maximum Gasteiger partial charge on any atom is 0.433 e. The highest BCUT2D eigenvalue weighted by molar-refractivity contribution is 8.04. The quantitative estimate of drug-likeness (QED) is 0.0197. The number of phenols is 1. The number of halogens is 1. The van der Waals surface area contributed by atoms with Crippen LogP contribution in [0.1, 0.15) is 0 Å². The predicted octanol–water partition coefficient (Wildman–Crippen LogP) is 5.54. The largest absolute Gasteiger partial charge is 0.505 e. The molecule has 6 N–H and O–H groups in total. The van der Waals surface area contributed by atoms with E-state index < -0.39 is 31.2 Å². The maximum absolute atomic E-state index is 12.2. The molecule has 1 heterocycles. The van der Waals surface area contributed by atoms with Crippen LogP contribution in [0.4, 0.5) is 23.0 Å². The SMILES string of the molecule is O=S(=O)(O)OOC#CSc1ccc(N=Nc2c(SOOO)cc3c(S(=O)(=O)O)ccc(Nc4nc(Cl)nc(SO)n4)c3c2O)cc1. The molecule has 0 bridgehead atoms. The fraction of sp³-hybridized carbons (Fsp3) is 0. The number of azo groups is 1. The number of nitrogens with zero attached hydrogens (tertiary/aromatic N) is 5. The van der Waals surface area contributed by atoms with Crippen molar-refractivity contribution < 1.29 is 59.5 Å². The molecule has 4 aromatic rings. The van der Waals surface area contributed by atoms with E-state index in [9.17, 15) is 31.0 Å². The van der Waals surface area contributed by atoms with Gasteiger partial charge in [0.05, 0.1) is 45.7 Å². The second-order valence-electron chi connectivity index (χ2n) is 7.81. The van der Waals surface area contributed by atoms with Gasteiger partial charge in [-0.15, -0.1) is 9.45 Å². The molecule has 242 valence electrons. The summed E-state index contributed by atoms with van der Waals surface area (Å²) in [6.45, 7) is 0. The molecule has 0 aliphatic carbocycles. The van der Waals surface area contributed by atoms with Gasteiger partial charge in [0.25, 0.3) is 10.1 Å². The predicted molar refractivity (Wildman–Crippen MR) is 161 cm³/mol. The third kappa shape index (κ3) is 9.49. The molecular formula is C21H13ClN6O13S5. The van der Waals surface area contributed by atoms with Gasteiger partial charge in [-0.25, -0.2) is 5.26 Å². The van der Waals surface area contributed by atoms with Gasteiger partial charge >= 0.3 is 10.4 Å². The highest BCUT2D eigenvalue weighted by Crippen LogP contribution is 2.48. The summed E-state index contributed by atoms with van der Waals surface area (Å²) in [5.41, 5.74) is -0.0977. The molecule has 0 aliphatic rings. The van der Waals surface area contributed by atoms with Crippen molar-refractivity contribution in [1.82, 2.24) is 15.0 Å². The Balaban J connectivity index is 1.76. The number of anilines is 2. The zero-order valence-electron chi connectivity index (χ0n) is 21.7. The number of rotatable bonds is 12. The summed E-state index contributed by atoms with van der Waals surface area (Å²) in [7, 11) is -9.69. The third-order valence-corrected chi connectivity index (χ3v) is 7.98. The van der Waals surface area contributed by atoms with Gasteiger partial charge in [-0.3, -0.25) is 14.0 Å². The number of aromatic nitrogens is 3. The Morgan fingerprint density at radius 3 is 2.39 bits per heavy atom. The second kappa shape index (κ2) is 15.4. The van der Waals surface area contributed by atoms with Crippen LogP contribution in [0.15, 0.2) is 72.5 Å². The number of hydrogen-bond donors (Lipinski definition) is 6. The van der Waals surface area contributed by atoms with E-state index in [2.05, 4.69) is 54.3 Å². The number of aromatic hydroxyl groups is 1. The Hall–Kier alpha value is -3.55. The average Bonchev–Trinajstić information content (AvgIpc) is 2.98. The molecule has 0 unspecified atom stereocenters. The van der Waals surface area contributed by atoms with Gasteiger partial charge in [0.2, 0.25) is 16.4 Å². The highest BCUT2D eigenvalue weighted by Gasteiger charge is 2.24. The smallest absolute Gasteiger partial charge is 0.433 e. The number of nitrogens with one attached hydrogen (secondary N) is 1. The number of phenolic OH excluding ortho intramolecular Hbond substituents is 1. The Bertz CT molecular complexity index is 2080. The van der Waals surface area contributed by atoms with Gasteiger partial charge in [-0.05, 0) is 70.2 Å². The summed E-state index contributed by atoms with van der Waals surface area (Å²) in [5, 5.41) is 35.9. The van der Waals surface area contributed by atoms with E-state index in [1.165, 1.54) is 30.3 Å². The van der Waals surface area contributed by atoms with Crippen LogP contribution in [-0.4, -0.2) is 55.8 Å². The lowest BCUT2D eigenvalue weighted by Crippen LogP contribution is -2.04. The summed E-state index contributed by atoms with van der Waals surface area (Å²) in [6, 6.07) is 9.36. The highest BCUT2D eigenvalue weighted by atomic mass is 35.5. The Morgan fingerprint density at radius 2 is 1.74 bits per heavy atom. The standard InChI is InChI=1S/C21H13ClN6O13S5/c22-19-24-20(26-21(25-19)43-31)23-13-5-6-15(45(32,33)34)12-9-14(44-40-39-30)17(18(29)16(12)13)28-27-10-1-3-11(4-2-10)42-8-7-38-41-46(35,36)37/h1-6,9,29-31H,(H,32,33,34)(H,35,36,37)(H,23,24,25,26). The van der Waals surface area contributed by atoms with Crippen molar-refractivity contribution in [3.05, 3.63) is 47.7 Å². The molecule has 3 aromatic carbocycles. The monoisotopic (exact) mass is 752 g/mol. The molecule has 4 rings (SSSR count). The maximum atomic E-state index is 12.2. The Kier molecular flexibility index (Phi) is 11.8. The lowest BCUT2D eigenvalue weighted by molar-refractivity contribution is -0.432. The molecular weight excluding hydrogens is 740 g/mol. The number of thioether (sulfide) groups is 1. The fourth-order valence-corrected chi connectivity index (χ4v) is 5.58. The van der Waals surface area contributed by atoms with Crippen LogP contribution in [0, 0.1) is 11.4 Å². The van der Waals surface area contributed by atoms with Crippen LogP contribution in [0.5, 0.6) is 5.75 Å². The van der Waals surface area contributed by atoms with Gasteiger partial charge in [0.1, 0.15) is 10.6 Å². The van der Waals surface area contributed by atoms with E-state index >= 15 is 0 Å². The van der Waals surface area contributed by atoms with Crippen molar-refractivity contribution in [3.63, 3.8) is 0 Å². The van der Waals surface area contributed by atoms with Crippen molar-refractivity contribution in [2.75, 3.05) is 5.32 Å². The van der Waals surface area contributed by atoms with Crippen LogP contribution in [0.25, 0.3) is 10.8 Å². The number of hydrogen-bond acceptors (Lipinski definition) is 20. The lowest BCUT2D eigenvalue weighted by atomic mass is 10.1. The van der Waals surface area contributed by atoms with Crippen LogP contribution in [-0.2, 0) is 39.1 Å². The zero-order chi connectivity index (χ0) is 33.5. The van der Waals surface area contributed by atoms with E-state index in [1.54, 1.807) is 0 Å². The van der Waals surface area contributed by atoms with Crippen molar-refractivity contribution >= 4 is 102 Å². The van der Waals surface area contributed by atoms with E-state index in [-0.39, 0.29) is 61.2 Å². The first-order valence-electron chi connectivity index (χ1n) is 11.2. The third-order valence-electron chi connectivity index (χ3n) is 5.00. The molecule has 0 aliphatic heterocycles. The van der Waals surface area contributed by atoms with Gasteiger partial charge < -0.3 is 15.0 Å². The summed E-state index contributed by atoms with van der Waals surface area (Å²) in [4.78, 5) is 15.3. The van der Waals surface area contributed by atoms with E-state index in [4.69, 9.17) is 21.4 Å². The van der Waals surface area contributed by atoms with E-state index in [0.29, 0.717) is 16.9 Å². The van der Waals surface area contributed by atoms with Gasteiger partial charge in [-0.2, -0.15) is 36.9 Å². The van der Waals surface area contributed by atoms with Crippen molar-refractivity contribution in [3.8, 4) is 17.1 Å². The van der Waals surface area contributed by atoms with Gasteiger partial charge in [0.15, 0.2) is 11.9 Å². The molecule has 1 aromatic heterocycles. The second-order valence-corrected chi connectivity index (χ2v) is 12.7. The minimum atomic E-state index is -4.87. The molecule has 0 amide bonds. The molecule has 46 heavy (non-hydrogen) atoms. The number of fused-ring (bicyclic) bond motifs is 1. The topological polar surface area (TPSA) is 282 Å². The number of benzene rings is 3. The molecule has 0 spiro atoms. The van der Waals surface area contributed by atoms with Crippen LogP contribution < -0.4 is 5.32 Å². The van der Waals surface area contributed by atoms with E-state index in [0.717, 1.165) is 23.9 Å². The van der Waals surface area contributed by atoms with Crippen LogP contribution >= 0.6 is 47.4 Å². The van der Waals surface area contributed by atoms with Crippen molar-refractivity contribution in [2.24, 2.45) is 10.2 Å². The summed E-state index contributed by atoms with van der Waals surface area (Å²) >= 11 is 7.25. The van der Waals surface area contributed by atoms with Crippen LogP contribution in [0.3, 0.4) is 0 Å². The van der Waals surface area contributed by atoms with E-state index in [1.807, 2.05) is 6.11 Å². The molecule has 0 saturated heterocycles. The minimum Gasteiger partial charge on any atom is -0.505 e. The molecule has 0 saturated carbocycles. The van der Waals surface area contributed by atoms with Crippen molar-refractivity contribution in [2.45, 2.75) is 19.8 Å². The van der Waals surface area contributed by atoms with Gasteiger partial charge in [-0.1, -0.05) is 5.04 Å². The molecule has 25 heteroatoms. The summed E-state index contributed by atoms with van der Waals surface area (Å²) < 4.78 is 80.9. The summed E-state index contributed by atoms with van der Waals surface area (Å²) in [6.07, 6.45) is 1.89. The average molecular weight is 753 g/mol. The zero-order valence-corrected chi connectivity index (χ0v) is 26.5. The normalized spacial score (nSPS) is 11.8. The Labute approximate surface area is 275 Å². The first kappa shape index (κ1) is 35.3. The minimum absolute atomic E-state index is 0.0168. The van der Waals surface area contributed by atoms with Gasteiger partial charge in [0, 0.05) is 15.5 Å². The first-order chi connectivity index (χ1) is 21.8. The Morgan fingerprint density at radius 1 is 1.00 bits per heavy atom. The molecule has 0 fully saturated rings. The lowest BCUT2D eigenvalue weighted by Gasteiger charge is -2.15. The van der Waals surface area contributed by atoms with Crippen molar-refractivity contribution in [1.29, 1.82) is 0 Å². The van der Waals surface area contributed by atoms with Crippen LogP contribution in [0.2, 0.25) is 5.28 Å². The fourth-order valence-electron chi connectivity index (χ4n) is 3.37. The molecule has 0 atom stereocenters. The summed E-state index contributed by atoms with van der Waals surface area (Å²) in [5.74, 6) is -0.902. The molecule has 19 nitrogen and oxygen atoms in total. The first-order valence-corrected chi connectivity index (χ1v) is 16.8.